The zero-order valence-corrected chi connectivity index (χ0v) is 13.7. The third-order valence-corrected chi connectivity index (χ3v) is 3.47. The minimum atomic E-state index is -0.395. The van der Waals surface area contributed by atoms with Gasteiger partial charge in [0.2, 0.25) is 0 Å². The number of amides is 1. The topological polar surface area (TPSA) is 63.6 Å². The number of likely N-dealkylation sites (N-methyl/N-ethyl adjacent to an activating group) is 1. The van der Waals surface area contributed by atoms with Crippen LogP contribution in [-0.2, 0) is 11.8 Å². The summed E-state index contributed by atoms with van der Waals surface area (Å²) in [6, 6.07) is 0. The molecule has 0 saturated heterocycles. The molecule has 0 fully saturated rings. The maximum Gasteiger partial charge on any atom is 0.355 e. The van der Waals surface area contributed by atoms with Gasteiger partial charge in [-0.2, -0.15) is 0 Å². The van der Waals surface area contributed by atoms with Crippen LogP contribution in [0.25, 0.3) is 0 Å². The fourth-order valence-corrected chi connectivity index (χ4v) is 2.28. The van der Waals surface area contributed by atoms with Gasteiger partial charge < -0.3 is 19.5 Å². The Bertz CT molecular complexity index is 533. The molecule has 1 amide bonds. The van der Waals surface area contributed by atoms with Crippen LogP contribution in [0.3, 0.4) is 0 Å². The maximum atomic E-state index is 12.3. The van der Waals surface area contributed by atoms with Gasteiger partial charge in [-0.15, -0.1) is 0 Å². The van der Waals surface area contributed by atoms with Gasteiger partial charge in [0.1, 0.15) is 5.69 Å². The molecule has 0 unspecified atom stereocenters. The van der Waals surface area contributed by atoms with Gasteiger partial charge >= 0.3 is 5.97 Å². The average molecular weight is 295 g/mol. The molecule has 1 aromatic rings. The molecule has 0 aliphatic carbocycles. The van der Waals surface area contributed by atoms with E-state index in [1.807, 2.05) is 25.9 Å². The monoisotopic (exact) mass is 295 g/mol. The van der Waals surface area contributed by atoms with E-state index in [0.29, 0.717) is 30.0 Å². The highest BCUT2D eigenvalue weighted by Crippen LogP contribution is 2.21. The Morgan fingerprint density at radius 3 is 2.43 bits per heavy atom. The first-order chi connectivity index (χ1) is 9.81. The van der Waals surface area contributed by atoms with Gasteiger partial charge in [0.25, 0.3) is 5.91 Å². The fourth-order valence-electron chi connectivity index (χ4n) is 2.28. The lowest BCUT2D eigenvalue weighted by Crippen LogP contribution is -2.31. The van der Waals surface area contributed by atoms with Crippen molar-refractivity contribution in [2.75, 3.05) is 33.8 Å². The number of nitrogens with one attached hydrogen (secondary N) is 1. The third kappa shape index (κ3) is 3.85. The summed E-state index contributed by atoms with van der Waals surface area (Å²) in [6.07, 6.45) is 0. The molecule has 1 heterocycles. The maximum absolute atomic E-state index is 12.3. The molecule has 1 N–H and O–H groups in total. The molecule has 21 heavy (non-hydrogen) atoms. The number of hydrogen-bond acceptors (Lipinski definition) is 4. The minimum Gasteiger partial charge on any atom is -0.461 e. The van der Waals surface area contributed by atoms with E-state index in [0.717, 1.165) is 12.2 Å². The first kappa shape index (κ1) is 17.2. The van der Waals surface area contributed by atoms with Crippen molar-refractivity contribution in [3.8, 4) is 0 Å². The highest BCUT2D eigenvalue weighted by molar-refractivity contribution is 6.01. The Balaban J connectivity index is 3.01. The van der Waals surface area contributed by atoms with E-state index in [1.54, 1.807) is 25.5 Å². The van der Waals surface area contributed by atoms with E-state index in [9.17, 15) is 9.59 Å². The molecule has 6 heteroatoms. The second-order valence-corrected chi connectivity index (χ2v) is 5.27. The quantitative estimate of drug-likeness (QED) is 0.799. The summed E-state index contributed by atoms with van der Waals surface area (Å²) in [5.74, 6) is -0.550. The van der Waals surface area contributed by atoms with E-state index >= 15 is 0 Å². The molecule has 0 saturated carbocycles. The van der Waals surface area contributed by atoms with Crippen LogP contribution in [0.5, 0.6) is 0 Å². The standard InChI is InChI=1S/C15H25N3O3/c1-7-21-15(20)13-10(2)12(11(3)18(13)6)14(19)16-8-9-17(4)5/h7-9H2,1-6H3,(H,16,19). The van der Waals surface area contributed by atoms with Crippen molar-refractivity contribution < 1.29 is 14.3 Å². The molecule has 6 nitrogen and oxygen atoms in total. The third-order valence-electron chi connectivity index (χ3n) is 3.47. The Kier molecular flexibility index (Phi) is 5.96. The van der Waals surface area contributed by atoms with Crippen LogP contribution >= 0.6 is 0 Å². The number of ether oxygens (including phenoxy) is 1. The van der Waals surface area contributed by atoms with Crippen LogP contribution in [0.1, 0.15) is 39.0 Å². The number of carbonyl (C=O) groups excluding carboxylic acids is 2. The zero-order valence-electron chi connectivity index (χ0n) is 13.7. The first-order valence-electron chi connectivity index (χ1n) is 7.07. The number of aromatic nitrogens is 1. The van der Waals surface area contributed by atoms with Crippen molar-refractivity contribution in [1.82, 2.24) is 14.8 Å². The van der Waals surface area contributed by atoms with Crippen LogP contribution in [0.2, 0.25) is 0 Å². The summed E-state index contributed by atoms with van der Waals surface area (Å²) in [5.41, 5.74) is 2.42. The second-order valence-electron chi connectivity index (χ2n) is 5.27. The van der Waals surface area contributed by atoms with Crippen molar-refractivity contribution in [2.24, 2.45) is 7.05 Å². The lowest BCUT2D eigenvalue weighted by molar-refractivity contribution is 0.0514. The van der Waals surface area contributed by atoms with Gasteiger partial charge in [-0.05, 0) is 40.4 Å². The van der Waals surface area contributed by atoms with Gasteiger partial charge in [0.15, 0.2) is 0 Å². The lowest BCUT2D eigenvalue weighted by Gasteiger charge is -2.10. The second kappa shape index (κ2) is 7.26. The molecule has 0 aromatic carbocycles. The molecule has 0 aliphatic heterocycles. The summed E-state index contributed by atoms with van der Waals surface area (Å²) in [5, 5.41) is 2.88. The van der Waals surface area contributed by atoms with Crippen molar-refractivity contribution in [2.45, 2.75) is 20.8 Å². The normalized spacial score (nSPS) is 10.8. The summed E-state index contributed by atoms with van der Waals surface area (Å²) in [7, 11) is 5.67. The Morgan fingerprint density at radius 2 is 1.90 bits per heavy atom. The van der Waals surface area contributed by atoms with Crippen molar-refractivity contribution in [3.63, 3.8) is 0 Å². The summed E-state index contributed by atoms with van der Waals surface area (Å²) < 4.78 is 6.77. The Hall–Kier alpha value is -1.82. The molecule has 0 atom stereocenters. The molecular formula is C15H25N3O3. The molecule has 0 spiro atoms. The fraction of sp³-hybridized carbons (Fsp3) is 0.600. The molecule has 118 valence electrons. The molecular weight excluding hydrogens is 270 g/mol. The summed E-state index contributed by atoms with van der Waals surface area (Å²) >= 11 is 0. The number of carbonyl (C=O) groups is 2. The van der Waals surface area contributed by atoms with Crippen LogP contribution in [0, 0.1) is 13.8 Å². The van der Waals surface area contributed by atoms with Gasteiger partial charge in [0, 0.05) is 25.8 Å². The molecule has 1 rings (SSSR count). The number of hydrogen-bond donors (Lipinski definition) is 1. The van der Waals surface area contributed by atoms with Crippen LogP contribution < -0.4 is 5.32 Å². The first-order valence-corrected chi connectivity index (χ1v) is 7.07. The van der Waals surface area contributed by atoms with Crippen LogP contribution in [-0.4, -0.2) is 55.1 Å². The number of rotatable bonds is 6. The largest absolute Gasteiger partial charge is 0.461 e. The molecule has 0 aliphatic rings. The smallest absolute Gasteiger partial charge is 0.355 e. The van der Waals surface area contributed by atoms with E-state index in [2.05, 4.69) is 5.32 Å². The van der Waals surface area contributed by atoms with E-state index < -0.39 is 5.97 Å². The number of nitrogens with zero attached hydrogens (tertiary/aromatic N) is 2. The van der Waals surface area contributed by atoms with E-state index in [4.69, 9.17) is 4.74 Å². The predicted octanol–water partition coefficient (Wildman–Crippen LogP) is 1.11. The highest BCUT2D eigenvalue weighted by atomic mass is 16.5. The highest BCUT2D eigenvalue weighted by Gasteiger charge is 2.25. The number of esters is 1. The minimum absolute atomic E-state index is 0.155. The van der Waals surface area contributed by atoms with E-state index in [-0.39, 0.29) is 5.91 Å². The van der Waals surface area contributed by atoms with Crippen LogP contribution in [0.15, 0.2) is 0 Å². The predicted molar refractivity (Wildman–Crippen MR) is 81.7 cm³/mol. The lowest BCUT2D eigenvalue weighted by atomic mass is 10.1. The Morgan fingerprint density at radius 1 is 1.29 bits per heavy atom. The van der Waals surface area contributed by atoms with Crippen molar-refractivity contribution in [1.29, 1.82) is 0 Å². The molecule has 0 radical (unpaired) electrons. The average Bonchev–Trinajstić information content (AvgIpc) is 2.60. The van der Waals surface area contributed by atoms with Gasteiger partial charge in [-0.25, -0.2) is 4.79 Å². The van der Waals surface area contributed by atoms with Crippen molar-refractivity contribution in [3.05, 3.63) is 22.5 Å². The zero-order chi connectivity index (χ0) is 16.2. The SMILES string of the molecule is CCOC(=O)c1c(C)c(C(=O)NCCN(C)C)c(C)n1C. The van der Waals surface area contributed by atoms with Gasteiger partial charge in [0.05, 0.1) is 12.2 Å². The van der Waals surface area contributed by atoms with Crippen LogP contribution in [0.4, 0.5) is 0 Å². The van der Waals surface area contributed by atoms with Gasteiger partial charge in [-0.3, -0.25) is 4.79 Å². The Labute approximate surface area is 126 Å². The van der Waals surface area contributed by atoms with Gasteiger partial charge in [-0.1, -0.05) is 0 Å². The summed E-state index contributed by atoms with van der Waals surface area (Å²) in [4.78, 5) is 26.3. The molecule has 1 aromatic heterocycles. The van der Waals surface area contributed by atoms with E-state index in [1.165, 1.54) is 0 Å². The van der Waals surface area contributed by atoms with Crippen molar-refractivity contribution >= 4 is 11.9 Å². The summed E-state index contributed by atoms with van der Waals surface area (Å²) in [6.45, 7) is 7.01. The molecule has 0 bridgehead atoms.